The second-order valence-corrected chi connectivity index (χ2v) is 8.24. The third kappa shape index (κ3) is 2.89. The first-order valence-electron chi connectivity index (χ1n) is 9.26. The number of nitrogens with zero attached hydrogens (tertiary/aromatic N) is 3. The smallest absolute Gasteiger partial charge is 0.279 e. The fourth-order valence-electron chi connectivity index (χ4n) is 4.08. The lowest BCUT2D eigenvalue weighted by molar-refractivity contribution is 0.101. The molecule has 2 aliphatic heterocycles. The van der Waals surface area contributed by atoms with E-state index < -0.39 is 0 Å². The fraction of sp³-hybridized carbons (Fsp3) is 0.350. The van der Waals surface area contributed by atoms with Gasteiger partial charge in [0.25, 0.3) is 5.91 Å². The van der Waals surface area contributed by atoms with Crippen LogP contribution in [0.3, 0.4) is 0 Å². The topological polar surface area (TPSA) is 80.5 Å². The molecule has 144 valence electrons. The predicted molar refractivity (Wildman–Crippen MR) is 106 cm³/mol. The number of carbonyl (C=O) groups excluding carboxylic acids is 1. The Morgan fingerprint density at radius 2 is 2.25 bits per heavy atom. The number of nitrogens with one attached hydrogen (secondary N) is 1. The minimum absolute atomic E-state index is 0.227. The number of hydrogen-bond acceptors (Lipinski definition) is 7. The van der Waals surface area contributed by atoms with Crippen molar-refractivity contribution in [1.82, 2.24) is 15.0 Å². The zero-order valence-electron chi connectivity index (χ0n) is 15.6. The molecule has 0 unspecified atom stereocenters. The van der Waals surface area contributed by atoms with Gasteiger partial charge in [0, 0.05) is 35.0 Å². The molecule has 0 spiro atoms. The highest BCUT2D eigenvalue weighted by molar-refractivity contribution is 7.16. The van der Waals surface area contributed by atoms with Crippen molar-refractivity contribution in [3.05, 3.63) is 46.6 Å². The lowest BCUT2D eigenvalue weighted by atomic mass is 10.1. The van der Waals surface area contributed by atoms with Crippen molar-refractivity contribution < 1.29 is 14.1 Å². The van der Waals surface area contributed by atoms with Gasteiger partial charge >= 0.3 is 0 Å². The van der Waals surface area contributed by atoms with E-state index in [0.29, 0.717) is 28.7 Å². The predicted octanol–water partition coefficient (Wildman–Crippen LogP) is 3.75. The number of ether oxygens (including phenoxy) is 1. The van der Waals surface area contributed by atoms with Crippen LogP contribution in [0.5, 0.6) is 5.75 Å². The maximum Gasteiger partial charge on any atom is 0.279 e. The number of methoxy groups -OCH3 is 1. The summed E-state index contributed by atoms with van der Waals surface area (Å²) in [5, 5.41) is 7.42. The second kappa shape index (κ2) is 6.72. The van der Waals surface area contributed by atoms with E-state index in [2.05, 4.69) is 27.4 Å². The Bertz CT molecular complexity index is 1040. The van der Waals surface area contributed by atoms with Crippen molar-refractivity contribution in [2.24, 2.45) is 0 Å². The molecule has 1 fully saturated rings. The normalized spacial score (nSPS) is 20.8. The number of amides is 1. The molecule has 0 radical (unpaired) electrons. The zero-order chi connectivity index (χ0) is 19.3. The minimum atomic E-state index is -0.317. The molecule has 4 heterocycles. The minimum Gasteiger partial charge on any atom is -0.497 e. The third-order valence-corrected chi connectivity index (χ3v) is 6.73. The Morgan fingerprint density at radius 3 is 3.11 bits per heavy atom. The molecule has 2 aromatic heterocycles. The molecule has 2 atom stereocenters. The van der Waals surface area contributed by atoms with E-state index in [1.807, 2.05) is 24.3 Å². The number of aromatic nitrogens is 2. The number of benzene rings is 1. The summed E-state index contributed by atoms with van der Waals surface area (Å²) >= 11 is 1.57. The molecule has 8 heteroatoms. The summed E-state index contributed by atoms with van der Waals surface area (Å²) in [6.07, 6.45) is 3.34. The van der Waals surface area contributed by atoms with E-state index in [9.17, 15) is 4.79 Å². The van der Waals surface area contributed by atoms with Crippen molar-refractivity contribution >= 4 is 22.4 Å². The molecule has 2 aliphatic rings. The van der Waals surface area contributed by atoms with E-state index in [-0.39, 0.29) is 11.6 Å². The van der Waals surface area contributed by atoms with Crippen LogP contribution < -0.4 is 10.1 Å². The third-order valence-electron chi connectivity index (χ3n) is 5.62. The summed E-state index contributed by atoms with van der Waals surface area (Å²) in [4.78, 5) is 21.0. The summed E-state index contributed by atoms with van der Waals surface area (Å²) in [6, 6.07) is 10.1. The van der Waals surface area contributed by atoms with Crippen molar-refractivity contribution in [2.45, 2.75) is 31.3 Å². The number of fused-ring (bicyclic) bond motifs is 4. The number of likely N-dealkylation sites (N-methyl/N-ethyl adjacent to an activating group) is 1. The molecule has 1 aromatic carbocycles. The summed E-state index contributed by atoms with van der Waals surface area (Å²) in [5.74, 6) is 0.913. The highest BCUT2D eigenvalue weighted by Crippen LogP contribution is 2.45. The van der Waals surface area contributed by atoms with Gasteiger partial charge in [-0.1, -0.05) is 28.6 Å². The Kier molecular flexibility index (Phi) is 4.17. The highest BCUT2D eigenvalue weighted by atomic mass is 32.1. The molecule has 7 nitrogen and oxygen atoms in total. The first kappa shape index (κ1) is 17.4. The standard InChI is InChI=1S/C20H20N4O3S/c1-24-12-6-7-16(24)18-14(9-12)21-20(28-18)22-19(25)15-10-17(27-23-15)11-4-3-5-13(8-11)26-2/h3-5,8,10,12,16H,6-7,9H2,1-2H3,(H,21,22,25)/t12-,16-/m1/s1. The summed E-state index contributed by atoms with van der Waals surface area (Å²) in [6.45, 7) is 0. The number of hydrogen-bond donors (Lipinski definition) is 1. The summed E-state index contributed by atoms with van der Waals surface area (Å²) in [7, 11) is 3.79. The van der Waals surface area contributed by atoms with Crippen LogP contribution in [0.4, 0.5) is 5.13 Å². The average molecular weight is 396 g/mol. The Morgan fingerprint density at radius 1 is 1.36 bits per heavy atom. The first-order chi connectivity index (χ1) is 13.6. The monoisotopic (exact) mass is 396 g/mol. The van der Waals surface area contributed by atoms with Crippen LogP contribution in [0.1, 0.15) is 39.9 Å². The van der Waals surface area contributed by atoms with Crippen LogP contribution in [0.15, 0.2) is 34.9 Å². The number of rotatable bonds is 4. The largest absolute Gasteiger partial charge is 0.497 e. The van der Waals surface area contributed by atoms with Gasteiger partial charge in [-0.15, -0.1) is 0 Å². The van der Waals surface area contributed by atoms with Gasteiger partial charge in [-0.05, 0) is 32.0 Å². The van der Waals surface area contributed by atoms with E-state index >= 15 is 0 Å². The van der Waals surface area contributed by atoms with Crippen LogP contribution in [-0.2, 0) is 6.42 Å². The van der Waals surface area contributed by atoms with Gasteiger partial charge in [0.15, 0.2) is 16.6 Å². The van der Waals surface area contributed by atoms with E-state index in [0.717, 1.165) is 24.1 Å². The lowest BCUT2D eigenvalue weighted by Crippen LogP contribution is -2.33. The molecular weight excluding hydrogens is 376 g/mol. The Labute approximate surface area is 166 Å². The molecule has 1 amide bonds. The van der Waals surface area contributed by atoms with Crippen molar-refractivity contribution in [1.29, 1.82) is 0 Å². The maximum absolute atomic E-state index is 12.6. The number of anilines is 1. The van der Waals surface area contributed by atoms with Gasteiger partial charge in [0.2, 0.25) is 0 Å². The maximum atomic E-state index is 12.6. The molecule has 1 N–H and O–H groups in total. The second-order valence-electron chi connectivity index (χ2n) is 7.21. The quantitative estimate of drug-likeness (QED) is 0.723. The molecule has 0 saturated carbocycles. The average Bonchev–Trinajstić information content (AvgIpc) is 3.40. The van der Waals surface area contributed by atoms with Gasteiger partial charge < -0.3 is 9.26 Å². The van der Waals surface area contributed by atoms with Crippen molar-refractivity contribution in [3.63, 3.8) is 0 Å². The lowest BCUT2D eigenvalue weighted by Gasteiger charge is -2.29. The van der Waals surface area contributed by atoms with Crippen LogP contribution in [0.2, 0.25) is 0 Å². The van der Waals surface area contributed by atoms with Crippen molar-refractivity contribution in [3.8, 4) is 17.1 Å². The molecule has 2 bridgehead atoms. The molecule has 0 aliphatic carbocycles. The molecule has 1 saturated heterocycles. The van der Waals surface area contributed by atoms with Gasteiger partial charge in [-0.3, -0.25) is 15.0 Å². The highest BCUT2D eigenvalue weighted by Gasteiger charge is 2.39. The molecular formula is C20H20N4O3S. The molecule has 3 aromatic rings. The van der Waals surface area contributed by atoms with Gasteiger partial charge in [0.1, 0.15) is 5.75 Å². The SMILES string of the molecule is COc1cccc(-c2cc(C(=O)Nc3nc4c(s3)[C@H]3CC[C@H](C4)N3C)no2)c1. The Balaban J connectivity index is 1.34. The van der Waals surface area contributed by atoms with Crippen molar-refractivity contribution in [2.75, 3.05) is 19.5 Å². The first-order valence-corrected chi connectivity index (χ1v) is 10.1. The number of thiazole rings is 1. The Hall–Kier alpha value is -2.71. The summed E-state index contributed by atoms with van der Waals surface area (Å²) in [5.41, 5.74) is 2.16. The zero-order valence-corrected chi connectivity index (χ0v) is 16.5. The van der Waals surface area contributed by atoms with Crippen LogP contribution >= 0.6 is 11.3 Å². The van der Waals surface area contributed by atoms with E-state index in [1.165, 1.54) is 11.3 Å². The van der Waals surface area contributed by atoms with Crippen LogP contribution in [0.25, 0.3) is 11.3 Å². The molecule has 5 rings (SSSR count). The van der Waals surface area contributed by atoms with Gasteiger partial charge in [-0.2, -0.15) is 0 Å². The van der Waals surface area contributed by atoms with E-state index in [4.69, 9.17) is 9.26 Å². The summed E-state index contributed by atoms with van der Waals surface area (Å²) < 4.78 is 10.6. The van der Waals surface area contributed by atoms with E-state index in [1.54, 1.807) is 24.5 Å². The van der Waals surface area contributed by atoms with Crippen LogP contribution in [-0.4, -0.2) is 41.1 Å². The fourth-order valence-corrected chi connectivity index (χ4v) is 5.25. The number of carbonyl (C=O) groups is 1. The molecule has 28 heavy (non-hydrogen) atoms. The van der Waals surface area contributed by atoms with Gasteiger partial charge in [-0.25, -0.2) is 4.98 Å². The van der Waals surface area contributed by atoms with Gasteiger partial charge in [0.05, 0.1) is 12.8 Å². The van der Waals surface area contributed by atoms with Crippen LogP contribution in [0, 0.1) is 0 Å².